The number of ether oxygens (including phenoxy) is 2. The van der Waals surface area contributed by atoms with Crippen molar-refractivity contribution in [2.75, 3.05) is 13.2 Å². The van der Waals surface area contributed by atoms with Gasteiger partial charge in [0.25, 0.3) is 5.91 Å². The van der Waals surface area contributed by atoms with Gasteiger partial charge in [0.1, 0.15) is 12.1 Å². The molecule has 0 aromatic carbocycles. The third-order valence-corrected chi connectivity index (χ3v) is 2.96. The van der Waals surface area contributed by atoms with Gasteiger partial charge in [-0.1, -0.05) is 0 Å². The summed E-state index contributed by atoms with van der Waals surface area (Å²) in [5, 5.41) is 0. The van der Waals surface area contributed by atoms with Crippen molar-refractivity contribution in [3.05, 3.63) is 0 Å². The van der Waals surface area contributed by atoms with Gasteiger partial charge in [0, 0.05) is 13.0 Å². The molecule has 0 aromatic rings. The first-order chi connectivity index (χ1) is 7.96. The van der Waals surface area contributed by atoms with Crippen molar-refractivity contribution in [3.63, 3.8) is 0 Å². The number of likely N-dealkylation sites (tertiary alicyclic amines) is 1. The Bertz CT molecular complexity index is 396. The highest BCUT2D eigenvalue weighted by molar-refractivity contribution is 6.44. The minimum Gasteiger partial charge on any atom is -0.348 e. The van der Waals surface area contributed by atoms with E-state index in [2.05, 4.69) is 5.92 Å². The Balaban J connectivity index is 2.02. The molecule has 92 valence electrons. The van der Waals surface area contributed by atoms with E-state index >= 15 is 0 Å². The number of amides is 1. The van der Waals surface area contributed by atoms with E-state index in [1.165, 1.54) is 4.90 Å². The van der Waals surface area contributed by atoms with Crippen LogP contribution in [0.3, 0.4) is 0 Å². The Morgan fingerprint density at radius 3 is 2.76 bits per heavy atom. The Hall–Kier alpha value is -1.38. The summed E-state index contributed by atoms with van der Waals surface area (Å²) >= 11 is 0. The molecule has 2 aliphatic heterocycles. The van der Waals surface area contributed by atoms with E-state index in [9.17, 15) is 9.59 Å². The molecule has 0 aromatic heterocycles. The fourth-order valence-electron chi connectivity index (χ4n) is 2.14. The molecular formula is C12H15NO4. The minimum atomic E-state index is -0.693. The van der Waals surface area contributed by atoms with Crippen LogP contribution in [0, 0.1) is 12.3 Å². The lowest BCUT2D eigenvalue weighted by Crippen LogP contribution is -2.67. The van der Waals surface area contributed by atoms with Crippen LogP contribution in [0.2, 0.25) is 0 Å². The first kappa shape index (κ1) is 12.1. The first-order valence-electron chi connectivity index (χ1n) is 5.56. The molecule has 2 aliphatic rings. The average Bonchev–Trinajstić information content (AvgIpc) is 2.63. The standard InChI is InChI=1S/C12H15NO4/c1-4-5-6-13-9(10(14)11(13)15)8-7-16-12(2,3)17-8/h1,8-9H,5-7H2,2-3H3/t8-,9+/m1/s1. The molecule has 17 heavy (non-hydrogen) atoms. The molecule has 0 aliphatic carbocycles. The smallest absolute Gasteiger partial charge is 0.293 e. The number of rotatable bonds is 3. The molecule has 0 saturated carbocycles. The average molecular weight is 237 g/mol. The molecule has 0 N–H and O–H groups in total. The molecule has 5 heteroatoms. The first-order valence-corrected chi connectivity index (χ1v) is 5.56. The van der Waals surface area contributed by atoms with Crippen LogP contribution in [0.1, 0.15) is 20.3 Å². The molecule has 0 bridgehead atoms. The van der Waals surface area contributed by atoms with Crippen molar-refractivity contribution < 1.29 is 19.1 Å². The molecule has 5 nitrogen and oxygen atoms in total. The van der Waals surface area contributed by atoms with Crippen molar-refractivity contribution in [3.8, 4) is 12.3 Å². The number of carbonyl (C=O) groups is 2. The molecule has 0 unspecified atom stereocenters. The van der Waals surface area contributed by atoms with Crippen molar-refractivity contribution in [1.82, 2.24) is 4.90 Å². The number of terminal acetylenes is 1. The Morgan fingerprint density at radius 1 is 1.53 bits per heavy atom. The third-order valence-electron chi connectivity index (χ3n) is 2.96. The van der Waals surface area contributed by atoms with Crippen molar-refractivity contribution in [2.24, 2.45) is 0 Å². The summed E-state index contributed by atoms with van der Waals surface area (Å²) in [7, 11) is 0. The van der Waals surface area contributed by atoms with E-state index in [4.69, 9.17) is 15.9 Å². The third kappa shape index (κ3) is 2.06. The summed E-state index contributed by atoms with van der Waals surface area (Å²) in [5.41, 5.74) is 0. The van der Waals surface area contributed by atoms with Crippen LogP contribution < -0.4 is 0 Å². The lowest BCUT2D eigenvalue weighted by Gasteiger charge is -2.40. The topological polar surface area (TPSA) is 55.8 Å². The Labute approximate surface area is 100 Å². The van der Waals surface area contributed by atoms with E-state index in [0.29, 0.717) is 19.6 Å². The van der Waals surface area contributed by atoms with E-state index in [1.807, 2.05) is 0 Å². The van der Waals surface area contributed by atoms with Crippen LogP contribution in [0.4, 0.5) is 0 Å². The lowest BCUT2D eigenvalue weighted by atomic mass is 9.94. The number of β-lactam (4-membered cyclic amide) rings is 1. The zero-order chi connectivity index (χ0) is 12.6. The van der Waals surface area contributed by atoms with E-state index in [-0.39, 0.29) is 6.10 Å². The van der Waals surface area contributed by atoms with Gasteiger partial charge in [-0.25, -0.2) is 0 Å². The number of hydrogen-bond donors (Lipinski definition) is 0. The lowest BCUT2D eigenvalue weighted by molar-refractivity contribution is -0.175. The van der Waals surface area contributed by atoms with E-state index in [1.54, 1.807) is 13.8 Å². The van der Waals surface area contributed by atoms with Gasteiger partial charge in [-0.2, -0.15) is 0 Å². The van der Waals surface area contributed by atoms with Crippen LogP contribution in [0.5, 0.6) is 0 Å². The second-order valence-electron chi connectivity index (χ2n) is 4.63. The largest absolute Gasteiger partial charge is 0.348 e. The van der Waals surface area contributed by atoms with Gasteiger partial charge in [0.05, 0.1) is 6.61 Å². The maximum absolute atomic E-state index is 11.6. The SMILES string of the molecule is C#CCCN1C(=O)C(=O)[C@@H]1[C@H]1COC(C)(C)O1. The number of ketones is 1. The van der Waals surface area contributed by atoms with Crippen LogP contribution in [-0.2, 0) is 19.1 Å². The summed E-state index contributed by atoms with van der Waals surface area (Å²) in [4.78, 5) is 24.4. The van der Waals surface area contributed by atoms with Crippen molar-refractivity contribution in [1.29, 1.82) is 0 Å². The second kappa shape index (κ2) is 4.13. The Kier molecular flexibility index (Phi) is 2.94. The molecular weight excluding hydrogens is 222 g/mol. The van der Waals surface area contributed by atoms with Crippen LogP contribution >= 0.6 is 0 Å². The highest BCUT2D eigenvalue weighted by Gasteiger charge is 2.53. The predicted molar refractivity (Wildman–Crippen MR) is 58.9 cm³/mol. The molecule has 2 saturated heterocycles. The molecule has 0 spiro atoms. The summed E-state index contributed by atoms with van der Waals surface area (Å²) in [6.07, 6.45) is 5.20. The summed E-state index contributed by atoms with van der Waals surface area (Å²) in [5.74, 6) is 0.877. The van der Waals surface area contributed by atoms with Crippen LogP contribution in [0.15, 0.2) is 0 Å². The number of hydrogen-bond acceptors (Lipinski definition) is 4. The van der Waals surface area contributed by atoms with Gasteiger partial charge < -0.3 is 14.4 Å². The minimum absolute atomic E-state index is 0.323. The van der Waals surface area contributed by atoms with Gasteiger partial charge in [-0.15, -0.1) is 12.3 Å². The summed E-state index contributed by atoms with van der Waals surface area (Å²) < 4.78 is 11.0. The molecule has 2 rings (SSSR count). The zero-order valence-electron chi connectivity index (χ0n) is 9.93. The number of Topliss-reactive ketones (excluding diaryl/α,β-unsaturated/α-hetero) is 1. The Morgan fingerprint density at radius 2 is 2.24 bits per heavy atom. The molecule has 1 amide bonds. The highest BCUT2D eigenvalue weighted by Crippen LogP contribution is 2.30. The highest BCUT2D eigenvalue weighted by atomic mass is 16.7. The fourth-order valence-corrected chi connectivity index (χ4v) is 2.14. The number of nitrogens with zero attached hydrogens (tertiary/aromatic N) is 1. The maximum atomic E-state index is 11.6. The molecule has 2 heterocycles. The summed E-state index contributed by atoms with van der Waals surface area (Å²) in [6.45, 7) is 4.28. The van der Waals surface area contributed by atoms with Crippen molar-refractivity contribution >= 4 is 11.7 Å². The molecule has 2 atom stereocenters. The molecule has 2 fully saturated rings. The predicted octanol–water partition coefficient (Wildman–Crippen LogP) is -0.0589. The normalized spacial score (nSPS) is 31.2. The van der Waals surface area contributed by atoms with Gasteiger partial charge in [-0.3, -0.25) is 9.59 Å². The monoisotopic (exact) mass is 237 g/mol. The summed E-state index contributed by atoms with van der Waals surface area (Å²) in [6, 6.07) is -0.530. The van der Waals surface area contributed by atoms with Gasteiger partial charge >= 0.3 is 0 Å². The van der Waals surface area contributed by atoms with Gasteiger partial charge in [0.2, 0.25) is 5.78 Å². The van der Waals surface area contributed by atoms with Gasteiger partial charge in [0.15, 0.2) is 5.79 Å². The van der Waals surface area contributed by atoms with Gasteiger partial charge in [-0.05, 0) is 13.8 Å². The van der Waals surface area contributed by atoms with Crippen LogP contribution in [-0.4, -0.2) is 47.7 Å². The maximum Gasteiger partial charge on any atom is 0.293 e. The van der Waals surface area contributed by atoms with E-state index < -0.39 is 23.5 Å². The van der Waals surface area contributed by atoms with E-state index in [0.717, 1.165) is 0 Å². The number of carbonyl (C=O) groups excluding carboxylic acids is 2. The van der Waals surface area contributed by atoms with Crippen LogP contribution in [0.25, 0.3) is 0 Å². The molecule has 0 radical (unpaired) electrons. The second-order valence-corrected chi connectivity index (χ2v) is 4.63. The zero-order valence-corrected chi connectivity index (χ0v) is 9.93. The fraction of sp³-hybridized carbons (Fsp3) is 0.667. The van der Waals surface area contributed by atoms with Crippen molar-refractivity contribution in [2.45, 2.75) is 38.2 Å². The quantitative estimate of drug-likeness (QED) is 0.392.